The van der Waals surface area contributed by atoms with E-state index in [2.05, 4.69) is 4.98 Å². The number of carbonyl (C=O) groups is 1. The Bertz CT molecular complexity index is 1010. The summed E-state index contributed by atoms with van der Waals surface area (Å²) in [6, 6.07) is 12.9. The molecule has 1 heterocycles. The topological polar surface area (TPSA) is 70.4 Å². The average Bonchev–Trinajstić information content (AvgIpc) is 3.36. The van der Waals surface area contributed by atoms with Crippen LogP contribution in [-0.2, 0) is 5.41 Å². The molecule has 3 aromatic rings. The van der Waals surface area contributed by atoms with Gasteiger partial charge in [-0.05, 0) is 49.6 Å². The van der Waals surface area contributed by atoms with Gasteiger partial charge >= 0.3 is 5.97 Å². The fraction of sp³-hybridized carbons (Fsp3) is 0.200. The summed E-state index contributed by atoms with van der Waals surface area (Å²) in [4.78, 5) is 16.5. The number of pyridine rings is 1. The Kier molecular flexibility index (Phi) is 3.48. The second-order valence-corrected chi connectivity index (χ2v) is 7.04. The van der Waals surface area contributed by atoms with E-state index in [1.54, 1.807) is 24.3 Å². The molecule has 0 saturated heterocycles. The fourth-order valence-corrected chi connectivity index (χ4v) is 3.60. The van der Waals surface area contributed by atoms with Crippen LogP contribution in [0.2, 0.25) is 5.02 Å². The van der Waals surface area contributed by atoms with Crippen molar-refractivity contribution in [2.24, 2.45) is 0 Å². The van der Waals surface area contributed by atoms with Gasteiger partial charge in [-0.2, -0.15) is 0 Å². The summed E-state index contributed by atoms with van der Waals surface area (Å²) in [5.41, 5.74) is 2.40. The van der Waals surface area contributed by atoms with Crippen LogP contribution in [0.4, 0.5) is 0 Å². The number of aromatic nitrogens is 1. The standard InChI is InChI=1S/C20H16ClNO3/c1-11-2-7-15-14(10-11)16(19(24)25)17(23)18(22-15)20(8-9-20)12-3-5-13(21)6-4-12/h2-7,10,23H,8-9H2,1H3,(H,24,25). The zero-order valence-electron chi connectivity index (χ0n) is 13.6. The van der Waals surface area contributed by atoms with E-state index in [0.29, 0.717) is 21.6 Å². The lowest BCUT2D eigenvalue weighted by Crippen LogP contribution is -2.14. The van der Waals surface area contributed by atoms with E-state index in [9.17, 15) is 15.0 Å². The van der Waals surface area contributed by atoms with Crippen molar-refractivity contribution >= 4 is 28.5 Å². The molecule has 1 aromatic heterocycles. The van der Waals surface area contributed by atoms with Crippen molar-refractivity contribution in [3.63, 3.8) is 0 Å². The van der Waals surface area contributed by atoms with E-state index in [1.165, 1.54) is 0 Å². The minimum absolute atomic E-state index is 0.0797. The van der Waals surface area contributed by atoms with Crippen molar-refractivity contribution in [2.45, 2.75) is 25.2 Å². The Morgan fingerprint density at radius 3 is 2.44 bits per heavy atom. The third-order valence-corrected chi connectivity index (χ3v) is 5.18. The number of nitrogens with zero attached hydrogens (tertiary/aromatic N) is 1. The van der Waals surface area contributed by atoms with Crippen LogP contribution in [0, 0.1) is 6.92 Å². The van der Waals surface area contributed by atoms with E-state index in [0.717, 1.165) is 24.0 Å². The summed E-state index contributed by atoms with van der Waals surface area (Å²) in [6.07, 6.45) is 1.62. The van der Waals surface area contributed by atoms with E-state index < -0.39 is 11.4 Å². The first kappa shape index (κ1) is 15.9. The van der Waals surface area contributed by atoms with Gasteiger partial charge in [0.15, 0.2) is 5.75 Å². The number of halogens is 1. The molecule has 0 amide bonds. The SMILES string of the molecule is Cc1ccc2nc(C3(c4ccc(Cl)cc4)CC3)c(O)c(C(=O)O)c2c1. The minimum atomic E-state index is -1.15. The Morgan fingerprint density at radius 1 is 1.16 bits per heavy atom. The summed E-state index contributed by atoms with van der Waals surface area (Å²) in [6.45, 7) is 1.88. The van der Waals surface area contributed by atoms with Crippen LogP contribution in [0.25, 0.3) is 10.9 Å². The number of aryl methyl sites for hydroxylation is 1. The Morgan fingerprint density at radius 2 is 1.84 bits per heavy atom. The van der Waals surface area contributed by atoms with Crippen molar-refractivity contribution < 1.29 is 15.0 Å². The number of fused-ring (bicyclic) bond motifs is 1. The largest absolute Gasteiger partial charge is 0.505 e. The van der Waals surface area contributed by atoms with Crippen LogP contribution in [0.1, 0.15) is 40.0 Å². The summed E-state index contributed by atoms with van der Waals surface area (Å²) in [5.74, 6) is -1.39. The summed E-state index contributed by atoms with van der Waals surface area (Å²) >= 11 is 5.98. The van der Waals surface area contributed by atoms with Gasteiger partial charge in [0.2, 0.25) is 0 Å². The van der Waals surface area contributed by atoms with E-state index in [-0.39, 0.29) is 11.3 Å². The van der Waals surface area contributed by atoms with Gasteiger partial charge in [0.05, 0.1) is 11.2 Å². The van der Waals surface area contributed by atoms with Gasteiger partial charge in [-0.15, -0.1) is 0 Å². The van der Waals surface area contributed by atoms with Crippen molar-refractivity contribution in [1.82, 2.24) is 4.98 Å². The predicted molar refractivity (Wildman–Crippen MR) is 96.6 cm³/mol. The van der Waals surface area contributed by atoms with Crippen LogP contribution >= 0.6 is 11.6 Å². The highest BCUT2D eigenvalue weighted by Gasteiger charge is 2.49. The lowest BCUT2D eigenvalue weighted by molar-refractivity contribution is 0.0695. The second-order valence-electron chi connectivity index (χ2n) is 6.60. The number of rotatable bonds is 3. The molecule has 1 saturated carbocycles. The molecule has 0 radical (unpaired) electrons. The van der Waals surface area contributed by atoms with Gasteiger partial charge in [-0.3, -0.25) is 0 Å². The first-order chi connectivity index (χ1) is 11.9. The molecule has 25 heavy (non-hydrogen) atoms. The number of carboxylic acid groups (broad SMARTS) is 1. The molecule has 1 fully saturated rings. The van der Waals surface area contributed by atoms with Gasteiger partial charge in [0.25, 0.3) is 0 Å². The van der Waals surface area contributed by atoms with Crippen LogP contribution in [-0.4, -0.2) is 21.2 Å². The summed E-state index contributed by atoms with van der Waals surface area (Å²) in [7, 11) is 0. The van der Waals surface area contributed by atoms with Crippen LogP contribution in [0.15, 0.2) is 42.5 Å². The van der Waals surface area contributed by atoms with Gasteiger partial charge in [-0.25, -0.2) is 9.78 Å². The van der Waals surface area contributed by atoms with Gasteiger partial charge in [0, 0.05) is 15.8 Å². The van der Waals surface area contributed by atoms with Crippen molar-refractivity contribution in [1.29, 1.82) is 0 Å². The molecule has 0 spiro atoms. The average molecular weight is 354 g/mol. The van der Waals surface area contributed by atoms with Crippen LogP contribution < -0.4 is 0 Å². The molecule has 4 nitrogen and oxygen atoms in total. The van der Waals surface area contributed by atoms with Crippen LogP contribution in [0.5, 0.6) is 5.75 Å². The van der Waals surface area contributed by atoms with E-state index in [4.69, 9.17) is 11.6 Å². The maximum Gasteiger partial charge on any atom is 0.340 e. The Balaban J connectivity index is 1.99. The van der Waals surface area contributed by atoms with E-state index >= 15 is 0 Å². The lowest BCUT2D eigenvalue weighted by Gasteiger charge is -2.19. The highest BCUT2D eigenvalue weighted by molar-refractivity contribution is 6.30. The molecule has 0 aliphatic heterocycles. The molecule has 2 N–H and O–H groups in total. The molecule has 0 atom stereocenters. The third-order valence-electron chi connectivity index (χ3n) is 4.93. The van der Waals surface area contributed by atoms with Crippen molar-refractivity contribution in [3.8, 4) is 5.75 Å². The molecular weight excluding hydrogens is 338 g/mol. The normalized spacial score (nSPS) is 15.3. The zero-order valence-corrected chi connectivity index (χ0v) is 14.3. The van der Waals surface area contributed by atoms with E-state index in [1.807, 2.05) is 25.1 Å². The molecule has 1 aliphatic rings. The smallest absolute Gasteiger partial charge is 0.340 e. The first-order valence-electron chi connectivity index (χ1n) is 8.05. The number of hydrogen-bond donors (Lipinski definition) is 2. The number of benzene rings is 2. The van der Waals surface area contributed by atoms with Crippen molar-refractivity contribution in [2.75, 3.05) is 0 Å². The third kappa shape index (κ3) is 2.45. The predicted octanol–water partition coefficient (Wildman–Crippen LogP) is 4.68. The van der Waals surface area contributed by atoms with Crippen molar-refractivity contribution in [3.05, 3.63) is 69.9 Å². The molecule has 5 heteroatoms. The highest BCUT2D eigenvalue weighted by Crippen LogP contribution is 2.56. The second kappa shape index (κ2) is 5.46. The molecule has 2 aromatic carbocycles. The van der Waals surface area contributed by atoms with Gasteiger partial charge in [0.1, 0.15) is 5.56 Å². The summed E-state index contributed by atoms with van der Waals surface area (Å²) in [5, 5.41) is 21.5. The molecule has 126 valence electrons. The molecule has 1 aliphatic carbocycles. The molecule has 0 bridgehead atoms. The van der Waals surface area contributed by atoms with Gasteiger partial charge in [-0.1, -0.05) is 35.4 Å². The number of aromatic hydroxyl groups is 1. The maximum absolute atomic E-state index is 11.8. The molecule has 4 rings (SSSR count). The number of hydrogen-bond acceptors (Lipinski definition) is 3. The minimum Gasteiger partial charge on any atom is -0.505 e. The first-order valence-corrected chi connectivity index (χ1v) is 8.43. The Labute approximate surface area is 149 Å². The number of carboxylic acids is 1. The van der Waals surface area contributed by atoms with Crippen LogP contribution in [0.3, 0.4) is 0 Å². The zero-order chi connectivity index (χ0) is 17.8. The van der Waals surface area contributed by atoms with Gasteiger partial charge < -0.3 is 10.2 Å². The maximum atomic E-state index is 11.8. The highest BCUT2D eigenvalue weighted by atomic mass is 35.5. The Hall–Kier alpha value is -2.59. The quantitative estimate of drug-likeness (QED) is 0.717. The fourth-order valence-electron chi connectivity index (χ4n) is 3.47. The molecule has 0 unspecified atom stereocenters. The number of aromatic carboxylic acids is 1. The lowest BCUT2D eigenvalue weighted by atomic mass is 9.89. The summed E-state index contributed by atoms with van der Waals surface area (Å²) < 4.78 is 0. The molecular formula is C20H16ClNO3. The monoisotopic (exact) mass is 353 g/mol.